The van der Waals surface area contributed by atoms with Gasteiger partial charge >= 0.3 is 0 Å². The molecule has 1 aromatic heterocycles. The van der Waals surface area contributed by atoms with Crippen LogP contribution in [-0.4, -0.2) is 10.8 Å². The van der Waals surface area contributed by atoms with Crippen LogP contribution in [0.25, 0.3) is 0 Å². The number of aromatic nitrogens is 1. The van der Waals surface area contributed by atoms with Crippen LogP contribution in [0.3, 0.4) is 0 Å². The minimum Gasteiger partial charge on any atom is -0.294 e. The SMILES string of the molecule is O=C(Cc1ccc(Br)cn1)c1cc(F)c(F)c(F)c1. The van der Waals surface area contributed by atoms with Gasteiger partial charge in [0, 0.05) is 21.9 Å². The summed E-state index contributed by atoms with van der Waals surface area (Å²) in [5.41, 5.74) is 0.236. The topological polar surface area (TPSA) is 30.0 Å². The second-order valence-corrected chi connectivity index (χ2v) is 4.74. The molecule has 0 aliphatic heterocycles. The Hall–Kier alpha value is -1.69. The first-order chi connectivity index (χ1) is 8.97. The van der Waals surface area contributed by atoms with E-state index in [1.807, 2.05) is 0 Å². The molecule has 0 aliphatic carbocycles. The summed E-state index contributed by atoms with van der Waals surface area (Å²) in [7, 11) is 0. The highest BCUT2D eigenvalue weighted by molar-refractivity contribution is 9.10. The van der Waals surface area contributed by atoms with Gasteiger partial charge in [0.05, 0.1) is 6.42 Å². The lowest BCUT2D eigenvalue weighted by molar-refractivity contribution is 0.0991. The lowest BCUT2D eigenvalue weighted by atomic mass is 10.1. The van der Waals surface area contributed by atoms with Crippen LogP contribution in [0, 0.1) is 17.5 Å². The van der Waals surface area contributed by atoms with Gasteiger partial charge in [-0.05, 0) is 40.2 Å². The maximum absolute atomic E-state index is 13.0. The van der Waals surface area contributed by atoms with E-state index in [0.29, 0.717) is 17.8 Å². The first kappa shape index (κ1) is 13.7. The van der Waals surface area contributed by atoms with E-state index in [2.05, 4.69) is 20.9 Å². The quantitative estimate of drug-likeness (QED) is 0.635. The molecule has 0 saturated heterocycles. The summed E-state index contributed by atoms with van der Waals surface area (Å²) in [5, 5.41) is 0. The highest BCUT2D eigenvalue weighted by atomic mass is 79.9. The van der Waals surface area contributed by atoms with Crippen LogP contribution in [0.1, 0.15) is 16.1 Å². The molecule has 19 heavy (non-hydrogen) atoms. The third-order valence-electron chi connectivity index (χ3n) is 2.44. The third-order valence-corrected chi connectivity index (χ3v) is 2.91. The first-order valence-electron chi connectivity index (χ1n) is 5.25. The molecule has 1 heterocycles. The van der Waals surface area contributed by atoms with E-state index in [-0.39, 0.29) is 12.0 Å². The van der Waals surface area contributed by atoms with Gasteiger partial charge in [0.1, 0.15) is 0 Å². The number of carbonyl (C=O) groups excluding carboxylic acids is 1. The Morgan fingerprint density at radius 1 is 1.16 bits per heavy atom. The molecule has 0 N–H and O–H groups in total. The number of Topliss-reactive ketones (excluding diaryl/α,β-unsaturated/α-hetero) is 1. The number of rotatable bonds is 3. The Bertz CT molecular complexity index is 605. The zero-order chi connectivity index (χ0) is 14.0. The van der Waals surface area contributed by atoms with Crippen molar-refractivity contribution in [3.05, 3.63) is 63.6 Å². The van der Waals surface area contributed by atoms with Gasteiger partial charge in [0.15, 0.2) is 23.2 Å². The van der Waals surface area contributed by atoms with Crippen molar-refractivity contribution in [2.24, 2.45) is 0 Å². The molecule has 0 radical (unpaired) electrons. The van der Waals surface area contributed by atoms with E-state index in [1.165, 1.54) is 6.20 Å². The van der Waals surface area contributed by atoms with Crippen molar-refractivity contribution >= 4 is 21.7 Å². The number of hydrogen-bond donors (Lipinski definition) is 0. The average molecular weight is 330 g/mol. The predicted molar refractivity (Wildman–Crippen MR) is 66.3 cm³/mol. The largest absolute Gasteiger partial charge is 0.294 e. The molecule has 0 unspecified atom stereocenters. The molecule has 98 valence electrons. The van der Waals surface area contributed by atoms with Gasteiger partial charge < -0.3 is 0 Å². The van der Waals surface area contributed by atoms with Crippen LogP contribution < -0.4 is 0 Å². The summed E-state index contributed by atoms with van der Waals surface area (Å²) in [4.78, 5) is 15.8. The molecule has 0 fully saturated rings. The molecule has 6 heteroatoms. The van der Waals surface area contributed by atoms with E-state index in [4.69, 9.17) is 0 Å². The van der Waals surface area contributed by atoms with E-state index in [0.717, 1.165) is 4.47 Å². The van der Waals surface area contributed by atoms with Crippen LogP contribution >= 0.6 is 15.9 Å². The summed E-state index contributed by atoms with van der Waals surface area (Å²) < 4.78 is 39.5. The van der Waals surface area contributed by atoms with Crippen LogP contribution in [0.2, 0.25) is 0 Å². The Morgan fingerprint density at radius 2 is 1.79 bits per heavy atom. The van der Waals surface area contributed by atoms with Gasteiger partial charge in [-0.1, -0.05) is 0 Å². The van der Waals surface area contributed by atoms with Gasteiger partial charge in [-0.2, -0.15) is 0 Å². The summed E-state index contributed by atoms with van der Waals surface area (Å²) >= 11 is 3.20. The fraction of sp³-hybridized carbons (Fsp3) is 0.0769. The Morgan fingerprint density at radius 3 is 2.32 bits per heavy atom. The molecule has 0 spiro atoms. The Balaban J connectivity index is 2.23. The van der Waals surface area contributed by atoms with Crippen LogP contribution in [-0.2, 0) is 6.42 Å². The predicted octanol–water partition coefficient (Wildman–Crippen LogP) is 3.69. The van der Waals surface area contributed by atoms with E-state index in [1.54, 1.807) is 12.1 Å². The fourth-order valence-corrected chi connectivity index (χ4v) is 1.73. The van der Waals surface area contributed by atoms with Gasteiger partial charge in [-0.15, -0.1) is 0 Å². The normalized spacial score (nSPS) is 10.5. The zero-order valence-electron chi connectivity index (χ0n) is 9.46. The summed E-state index contributed by atoms with van der Waals surface area (Å²) in [6.45, 7) is 0. The van der Waals surface area contributed by atoms with E-state index >= 15 is 0 Å². The Kier molecular flexibility index (Phi) is 3.99. The lowest BCUT2D eigenvalue weighted by Crippen LogP contribution is -2.07. The second-order valence-electron chi connectivity index (χ2n) is 3.82. The van der Waals surface area contributed by atoms with Gasteiger partial charge in [0.2, 0.25) is 0 Å². The number of hydrogen-bond acceptors (Lipinski definition) is 2. The number of nitrogens with zero attached hydrogens (tertiary/aromatic N) is 1. The van der Waals surface area contributed by atoms with E-state index in [9.17, 15) is 18.0 Å². The molecule has 0 bridgehead atoms. The average Bonchev–Trinajstić information content (AvgIpc) is 2.38. The highest BCUT2D eigenvalue weighted by Crippen LogP contribution is 2.16. The molecule has 0 atom stereocenters. The van der Waals surface area contributed by atoms with Crippen LogP contribution in [0.5, 0.6) is 0 Å². The molecule has 1 aromatic carbocycles. The third kappa shape index (κ3) is 3.20. The van der Waals surface area contributed by atoms with Crippen molar-refractivity contribution in [2.45, 2.75) is 6.42 Å². The maximum atomic E-state index is 13.0. The van der Waals surface area contributed by atoms with Crippen molar-refractivity contribution in [2.75, 3.05) is 0 Å². The Labute approximate surface area is 115 Å². The minimum atomic E-state index is -1.58. The van der Waals surface area contributed by atoms with Crippen LogP contribution in [0.15, 0.2) is 34.9 Å². The highest BCUT2D eigenvalue weighted by Gasteiger charge is 2.15. The lowest BCUT2D eigenvalue weighted by Gasteiger charge is -2.03. The molecule has 2 aromatic rings. The summed E-state index contributed by atoms with van der Waals surface area (Å²) in [5.74, 6) is -4.88. The summed E-state index contributed by atoms with van der Waals surface area (Å²) in [6.07, 6.45) is 1.40. The second kappa shape index (κ2) is 5.52. The first-order valence-corrected chi connectivity index (χ1v) is 6.05. The minimum absolute atomic E-state index is 0.113. The molecule has 0 aliphatic rings. The van der Waals surface area contributed by atoms with Crippen molar-refractivity contribution in [1.82, 2.24) is 4.98 Å². The van der Waals surface area contributed by atoms with Gasteiger partial charge in [-0.3, -0.25) is 9.78 Å². The smallest absolute Gasteiger partial charge is 0.194 e. The molecule has 0 amide bonds. The molecule has 2 nitrogen and oxygen atoms in total. The molecular weight excluding hydrogens is 323 g/mol. The van der Waals surface area contributed by atoms with Crippen molar-refractivity contribution in [3.63, 3.8) is 0 Å². The number of benzene rings is 1. The maximum Gasteiger partial charge on any atom is 0.194 e. The van der Waals surface area contributed by atoms with Crippen molar-refractivity contribution in [3.8, 4) is 0 Å². The number of pyridine rings is 1. The molecular formula is C13H7BrF3NO. The number of carbonyl (C=O) groups is 1. The number of halogens is 4. The summed E-state index contributed by atoms with van der Waals surface area (Å²) in [6, 6.07) is 4.67. The van der Waals surface area contributed by atoms with Crippen LogP contribution in [0.4, 0.5) is 13.2 Å². The standard InChI is InChI=1S/C13H7BrF3NO/c14-8-1-2-9(18-6-8)5-12(19)7-3-10(15)13(17)11(16)4-7/h1-4,6H,5H2. The number of ketones is 1. The molecule has 0 saturated carbocycles. The monoisotopic (exact) mass is 329 g/mol. The van der Waals surface area contributed by atoms with E-state index < -0.39 is 23.2 Å². The van der Waals surface area contributed by atoms with Gasteiger partial charge in [0.25, 0.3) is 0 Å². The zero-order valence-corrected chi connectivity index (χ0v) is 11.0. The molecule has 2 rings (SSSR count). The van der Waals surface area contributed by atoms with Crippen molar-refractivity contribution in [1.29, 1.82) is 0 Å². The fourth-order valence-electron chi connectivity index (χ4n) is 1.49. The van der Waals surface area contributed by atoms with Crippen molar-refractivity contribution < 1.29 is 18.0 Å². The van der Waals surface area contributed by atoms with Gasteiger partial charge in [-0.25, -0.2) is 13.2 Å².